The molecule has 4 rings (SSSR count). The molecule has 0 saturated heterocycles. The Balaban J connectivity index is 1.37. The molecule has 2 heterocycles. The normalized spacial score (nSPS) is 14.5. The lowest BCUT2D eigenvalue weighted by Crippen LogP contribution is -2.43. The number of halogens is 1. The van der Waals surface area contributed by atoms with E-state index in [9.17, 15) is 14.4 Å². The number of carbonyl (C=O) groups is 3. The summed E-state index contributed by atoms with van der Waals surface area (Å²) in [6.45, 7) is 8.25. The fourth-order valence-corrected chi connectivity index (χ4v) is 5.61. The lowest BCUT2D eigenvalue weighted by molar-refractivity contribution is -0.697. The van der Waals surface area contributed by atoms with Crippen molar-refractivity contribution in [3.05, 3.63) is 94.2 Å². The number of amides is 2. The number of benzene rings is 2. The molecule has 0 fully saturated rings. The van der Waals surface area contributed by atoms with Gasteiger partial charge in [0.15, 0.2) is 12.4 Å². The maximum Gasteiger partial charge on any atom is 0.327 e. The van der Waals surface area contributed by atoms with Gasteiger partial charge >= 0.3 is 5.97 Å². The van der Waals surface area contributed by atoms with E-state index in [0.717, 1.165) is 40.7 Å². The quantitative estimate of drug-likeness (QED) is 0.221. The first-order valence-electron chi connectivity index (χ1n) is 14.5. The zero-order valence-electron chi connectivity index (χ0n) is 24.6. The minimum absolute atomic E-state index is 0.126. The first-order chi connectivity index (χ1) is 20.2. The Morgan fingerprint density at radius 3 is 2.60 bits per heavy atom. The number of aromatic nitrogens is 1. The Hall–Kier alpha value is -3.56. The molecule has 2 amide bonds. The monoisotopic (exact) mass is 635 g/mol. The summed E-state index contributed by atoms with van der Waals surface area (Å²) in [6, 6.07) is 18.6. The van der Waals surface area contributed by atoms with Gasteiger partial charge in [-0.25, -0.2) is 9.36 Å². The molecule has 9 heteroatoms. The number of anilines is 1. The smallest absolute Gasteiger partial charge is 0.327 e. The van der Waals surface area contributed by atoms with Crippen molar-refractivity contribution in [1.82, 2.24) is 10.6 Å². The van der Waals surface area contributed by atoms with Crippen molar-refractivity contribution in [2.75, 3.05) is 31.1 Å². The third kappa shape index (κ3) is 8.49. The zero-order chi connectivity index (χ0) is 30.1. The predicted molar refractivity (Wildman–Crippen MR) is 166 cm³/mol. The van der Waals surface area contributed by atoms with E-state index in [1.54, 1.807) is 11.0 Å². The van der Waals surface area contributed by atoms with Crippen LogP contribution in [-0.4, -0.2) is 44.0 Å². The first kappa shape index (κ1) is 31.4. The number of fused-ring (bicyclic) bond motifs is 1. The second-order valence-corrected chi connectivity index (χ2v) is 12.3. The lowest BCUT2D eigenvalue weighted by atomic mass is 9.92. The van der Waals surface area contributed by atoms with E-state index in [1.807, 2.05) is 85.4 Å². The molecule has 2 N–H and O–H groups in total. The summed E-state index contributed by atoms with van der Waals surface area (Å²) < 4.78 is 8.61. The fourth-order valence-electron chi connectivity index (χ4n) is 5.10. The van der Waals surface area contributed by atoms with E-state index < -0.39 is 11.5 Å². The van der Waals surface area contributed by atoms with Crippen LogP contribution >= 0.6 is 15.9 Å². The summed E-state index contributed by atoms with van der Waals surface area (Å²) in [4.78, 5) is 41.1. The molecule has 1 aliphatic heterocycles. The van der Waals surface area contributed by atoms with E-state index in [2.05, 4.69) is 33.5 Å². The van der Waals surface area contributed by atoms with Gasteiger partial charge in [-0.1, -0.05) is 63.2 Å². The number of ether oxygens (including phenoxy) is 1. The zero-order valence-corrected chi connectivity index (χ0v) is 26.2. The van der Waals surface area contributed by atoms with Crippen LogP contribution in [0.3, 0.4) is 0 Å². The summed E-state index contributed by atoms with van der Waals surface area (Å²) in [5, 5.41) is 6.16. The highest BCUT2D eigenvalue weighted by Crippen LogP contribution is 2.27. The second kappa shape index (κ2) is 14.6. The highest BCUT2D eigenvalue weighted by Gasteiger charge is 2.31. The van der Waals surface area contributed by atoms with E-state index in [1.165, 1.54) is 0 Å². The number of para-hydroxylation sites is 1. The maximum atomic E-state index is 13.5. The van der Waals surface area contributed by atoms with Crippen molar-refractivity contribution >= 4 is 39.4 Å². The summed E-state index contributed by atoms with van der Waals surface area (Å²) in [5.41, 5.74) is 2.87. The van der Waals surface area contributed by atoms with Gasteiger partial charge < -0.3 is 20.3 Å². The van der Waals surface area contributed by atoms with Gasteiger partial charge in [-0.05, 0) is 51.7 Å². The van der Waals surface area contributed by atoms with Gasteiger partial charge in [0.25, 0.3) is 5.91 Å². The molecule has 0 saturated carbocycles. The standard InChI is InChI=1S/C33H39BrN4O4/c1-4-18-37-20-25(19-26(34)21-37)31(40)36-17-15-29(39)38(27-11-6-5-7-12-27)22-33(2,3)23-42-32(41)30-28-13-9-8-10-24(28)14-16-35-30/h5-13,19-21,30,35H,4,14-18,22-23H2,1-3H3/p+1. The van der Waals surface area contributed by atoms with Crippen LogP contribution in [0.1, 0.15) is 61.1 Å². The molecule has 3 aromatic rings. The number of aryl methyl sites for hydroxylation is 1. The lowest BCUT2D eigenvalue weighted by Gasteiger charge is -2.33. The number of rotatable bonds is 12. The molecular weight excluding hydrogens is 596 g/mol. The summed E-state index contributed by atoms with van der Waals surface area (Å²) in [6.07, 6.45) is 5.70. The van der Waals surface area contributed by atoms with Gasteiger partial charge in [-0.2, -0.15) is 0 Å². The molecule has 0 radical (unpaired) electrons. The molecule has 2 aromatic carbocycles. The first-order valence-corrected chi connectivity index (χ1v) is 15.3. The molecule has 222 valence electrons. The number of nitrogens with one attached hydrogen (secondary N) is 2. The van der Waals surface area contributed by atoms with Gasteiger partial charge in [-0.3, -0.25) is 9.59 Å². The van der Waals surface area contributed by atoms with Crippen molar-refractivity contribution in [2.45, 2.75) is 52.6 Å². The fraction of sp³-hybridized carbons (Fsp3) is 0.394. The summed E-state index contributed by atoms with van der Waals surface area (Å²) in [7, 11) is 0. The molecule has 0 aliphatic carbocycles. The van der Waals surface area contributed by atoms with E-state index in [4.69, 9.17) is 4.74 Å². The SMILES string of the molecule is CCC[n+]1cc(Br)cc(C(=O)NCCC(=O)N(CC(C)(C)COC(=O)C2NCCc3ccccc32)c2ccccc2)c1. The van der Waals surface area contributed by atoms with Gasteiger partial charge in [0.05, 0.1) is 11.1 Å². The van der Waals surface area contributed by atoms with Gasteiger partial charge in [0, 0.05) is 43.6 Å². The van der Waals surface area contributed by atoms with E-state index in [0.29, 0.717) is 18.7 Å². The van der Waals surface area contributed by atoms with Crippen LogP contribution in [0.2, 0.25) is 0 Å². The molecule has 1 unspecified atom stereocenters. The van der Waals surface area contributed by atoms with E-state index in [-0.39, 0.29) is 37.4 Å². The van der Waals surface area contributed by atoms with Crippen molar-refractivity contribution in [3.63, 3.8) is 0 Å². The minimum Gasteiger partial charge on any atom is -0.464 e. The number of esters is 1. The molecular formula is C33H40BrN4O4+. The van der Waals surface area contributed by atoms with Crippen LogP contribution in [0.25, 0.3) is 0 Å². The van der Waals surface area contributed by atoms with Crippen molar-refractivity contribution < 1.29 is 23.7 Å². The number of hydrogen-bond acceptors (Lipinski definition) is 5. The van der Waals surface area contributed by atoms with Crippen LogP contribution in [0.15, 0.2) is 77.5 Å². The van der Waals surface area contributed by atoms with Crippen molar-refractivity contribution in [2.24, 2.45) is 5.41 Å². The van der Waals surface area contributed by atoms with Crippen molar-refractivity contribution in [1.29, 1.82) is 0 Å². The van der Waals surface area contributed by atoms with Crippen LogP contribution in [0, 0.1) is 5.41 Å². The molecule has 0 bridgehead atoms. The Kier molecular flexibility index (Phi) is 10.9. The average Bonchev–Trinajstić information content (AvgIpc) is 2.98. The van der Waals surface area contributed by atoms with Crippen LogP contribution in [0.4, 0.5) is 5.69 Å². The topological polar surface area (TPSA) is 91.6 Å². The number of hydrogen-bond donors (Lipinski definition) is 2. The minimum atomic E-state index is -0.526. The molecule has 8 nitrogen and oxygen atoms in total. The molecule has 42 heavy (non-hydrogen) atoms. The van der Waals surface area contributed by atoms with E-state index >= 15 is 0 Å². The Bertz CT molecular complexity index is 1400. The van der Waals surface area contributed by atoms with Gasteiger partial charge in [-0.15, -0.1) is 0 Å². The van der Waals surface area contributed by atoms with Crippen molar-refractivity contribution in [3.8, 4) is 0 Å². The number of carbonyl (C=O) groups excluding carboxylic acids is 3. The second-order valence-electron chi connectivity index (χ2n) is 11.4. The van der Waals surface area contributed by atoms with Gasteiger partial charge in [0.1, 0.15) is 18.2 Å². The number of nitrogens with zero attached hydrogens (tertiary/aromatic N) is 2. The number of pyridine rings is 1. The highest BCUT2D eigenvalue weighted by molar-refractivity contribution is 9.10. The third-order valence-corrected chi connectivity index (χ3v) is 7.59. The molecule has 0 spiro atoms. The van der Waals surface area contributed by atoms with Crippen LogP contribution < -0.4 is 20.1 Å². The van der Waals surface area contributed by atoms with Crippen LogP contribution in [0.5, 0.6) is 0 Å². The molecule has 1 aliphatic rings. The third-order valence-electron chi connectivity index (χ3n) is 7.16. The summed E-state index contributed by atoms with van der Waals surface area (Å²) in [5.74, 6) is -0.673. The Morgan fingerprint density at radius 2 is 1.83 bits per heavy atom. The molecule has 1 aromatic heterocycles. The highest BCUT2D eigenvalue weighted by atomic mass is 79.9. The predicted octanol–water partition coefficient (Wildman–Crippen LogP) is 4.76. The Labute approximate surface area is 256 Å². The average molecular weight is 637 g/mol. The van der Waals surface area contributed by atoms with Crippen LogP contribution in [-0.2, 0) is 27.3 Å². The Morgan fingerprint density at radius 1 is 1.10 bits per heavy atom. The largest absolute Gasteiger partial charge is 0.464 e. The summed E-state index contributed by atoms with van der Waals surface area (Å²) >= 11 is 3.47. The maximum absolute atomic E-state index is 13.5. The molecule has 1 atom stereocenters. The van der Waals surface area contributed by atoms with Gasteiger partial charge in [0.2, 0.25) is 5.91 Å².